The molecule has 0 radical (unpaired) electrons. The lowest BCUT2D eigenvalue weighted by atomic mass is 10.2. The number of allylic oxidation sites excluding steroid dienone is 2. The largest absolute Gasteiger partial charge is 0.110 e. The van der Waals surface area contributed by atoms with Gasteiger partial charge in [-0.1, -0.05) is 12.2 Å². The molecular formula is C9H17P. The molecule has 0 N–H and O–H groups in total. The van der Waals surface area contributed by atoms with Crippen LogP contribution in [0.3, 0.4) is 0 Å². The maximum absolute atomic E-state index is 2.45. The zero-order valence-corrected chi connectivity index (χ0v) is 7.74. The van der Waals surface area contributed by atoms with Gasteiger partial charge in [-0.2, -0.15) is 0 Å². The van der Waals surface area contributed by atoms with Crippen LogP contribution in [0.1, 0.15) is 25.7 Å². The summed E-state index contributed by atoms with van der Waals surface area (Å²) < 4.78 is 0. The minimum absolute atomic E-state index is 0.408. The molecule has 1 heterocycles. The number of hydrogen-bond acceptors (Lipinski definition) is 0. The summed E-state index contributed by atoms with van der Waals surface area (Å²) in [6.45, 7) is 2.45. The van der Waals surface area contributed by atoms with E-state index in [2.05, 4.69) is 18.8 Å². The summed E-state index contributed by atoms with van der Waals surface area (Å²) in [5.41, 5.74) is 0. The highest BCUT2D eigenvalue weighted by Crippen LogP contribution is 2.33. The Morgan fingerprint density at radius 3 is 2.00 bits per heavy atom. The van der Waals surface area contributed by atoms with Gasteiger partial charge in [0, 0.05) is 0 Å². The third kappa shape index (κ3) is 3.37. The Hall–Kier alpha value is 0.170. The van der Waals surface area contributed by atoms with Crippen molar-refractivity contribution in [2.45, 2.75) is 25.7 Å². The van der Waals surface area contributed by atoms with E-state index in [-0.39, 0.29) is 0 Å². The van der Waals surface area contributed by atoms with E-state index in [0.717, 1.165) is 0 Å². The van der Waals surface area contributed by atoms with Crippen molar-refractivity contribution >= 4 is 7.92 Å². The summed E-state index contributed by atoms with van der Waals surface area (Å²) in [6, 6.07) is 0. The first-order valence-electron chi connectivity index (χ1n) is 4.23. The molecular weight excluding hydrogens is 139 g/mol. The van der Waals surface area contributed by atoms with Crippen LogP contribution in [0.25, 0.3) is 0 Å². The summed E-state index contributed by atoms with van der Waals surface area (Å²) in [5.74, 6) is 0. The molecule has 0 atom stereocenters. The molecule has 0 spiro atoms. The van der Waals surface area contributed by atoms with Gasteiger partial charge >= 0.3 is 0 Å². The van der Waals surface area contributed by atoms with Crippen LogP contribution >= 0.6 is 7.92 Å². The van der Waals surface area contributed by atoms with Gasteiger partial charge in [-0.3, -0.25) is 0 Å². The van der Waals surface area contributed by atoms with Crippen molar-refractivity contribution < 1.29 is 0 Å². The molecule has 1 heteroatoms. The van der Waals surface area contributed by atoms with Gasteiger partial charge in [0.05, 0.1) is 0 Å². The van der Waals surface area contributed by atoms with Gasteiger partial charge in [0.1, 0.15) is 0 Å². The SMILES string of the molecule is CP1CCC/C=C\CCC1. The van der Waals surface area contributed by atoms with Crippen molar-refractivity contribution in [1.82, 2.24) is 0 Å². The van der Waals surface area contributed by atoms with Gasteiger partial charge in [-0.15, -0.1) is 7.92 Å². The van der Waals surface area contributed by atoms with E-state index in [1.165, 1.54) is 38.0 Å². The highest BCUT2D eigenvalue weighted by atomic mass is 31.1. The second-order valence-corrected chi connectivity index (χ2v) is 5.67. The van der Waals surface area contributed by atoms with E-state index < -0.39 is 0 Å². The van der Waals surface area contributed by atoms with Crippen molar-refractivity contribution in [3.8, 4) is 0 Å². The van der Waals surface area contributed by atoms with Crippen molar-refractivity contribution in [2.75, 3.05) is 19.0 Å². The Morgan fingerprint density at radius 1 is 1.00 bits per heavy atom. The Morgan fingerprint density at radius 2 is 1.50 bits per heavy atom. The quantitative estimate of drug-likeness (QED) is 0.373. The first-order valence-corrected chi connectivity index (χ1v) is 6.39. The highest BCUT2D eigenvalue weighted by Gasteiger charge is 2.00. The molecule has 0 unspecified atom stereocenters. The molecule has 58 valence electrons. The van der Waals surface area contributed by atoms with E-state index in [9.17, 15) is 0 Å². The Bertz CT molecular complexity index is 95.3. The molecule has 0 aliphatic carbocycles. The van der Waals surface area contributed by atoms with Crippen LogP contribution in [0.2, 0.25) is 0 Å². The topological polar surface area (TPSA) is 0 Å². The van der Waals surface area contributed by atoms with Gasteiger partial charge in [-0.05, 0) is 44.7 Å². The third-order valence-electron chi connectivity index (χ3n) is 1.99. The van der Waals surface area contributed by atoms with E-state index in [0.29, 0.717) is 7.92 Å². The summed E-state index contributed by atoms with van der Waals surface area (Å²) >= 11 is 0. The zero-order chi connectivity index (χ0) is 7.23. The minimum atomic E-state index is 0.408. The van der Waals surface area contributed by atoms with Crippen molar-refractivity contribution in [3.63, 3.8) is 0 Å². The monoisotopic (exact) mass is 156 g/mol. The van der Waals surface area contributed by atoms with E-state index in [1.807, 2.05) is 0 Å². The van der Waals surface area contributed by atoms with Crippen molar-refractivity contribution in [2.24, 2.45) is 0 Å². The second kappa shape index (κ2) is 4.91. The lowest BCUT2D eigenvalue weighted by Gasteiger charge is -2.08. The molecule has 10 heavy (non-hydrogen) atoms. The lowest BCUT2D eigenvalue weighted by Crippen LogP contribution is -1.86. The van der Waals surface area contributed by atoms with Crippen molar-refractivity contribution in [1.29, 1.82) is 0 Å². The van der Waals surface area contributed by atoms with E-state index in [1.54, 1.807) is 0 Å². The predicted molar refractivity (Wildman–Crippen MR) is 50.2 cm³/mol. The minimum Gasteiger partial charge on any atom is -0.110 e. The van der Waals surface area contributed by atoms with Gasteiger partial charge in [0.15, 0.2) is 0 Å². The standard InChI is InChI=1S/C9H17P/c1-10-8-6-4-2-3-5-7-9-10/h2-3H,4-9H2,1H3/b3-2-. The molecule has 0 nitrogen and oxygen atoms in total. The van der Waals surface area contributed by atoms with Crippen LogP contribution in [0.4, 0.5) is 0 Å². The van der Waals surface area contributed by atoms with Crippen LogP contribution in [0.15, 0.2) is 12.2 Å². The van der Waals surface area contributed by atoms with Crippen LogP contribution < -0.4 is 0 Å². The first-order chi connectivity index (χ1) is 4.89. The second-order valence-electron chi connectivity index (χ2n) is 3.06. The average Bonchev–Trinajstić information content (AvgIpc) is 2.02. The summed E-state index contributed by atoms with van der Waals surface area (Å²) in [5, 5.41) is 0. The lowest BCUT2D eigenvalue weighted by molar-refractivity contribution is 0.956. The number of hydrogen-bond donors (Lipinski definition) is 0. The molecule has 0 bridgehead atoms. The van der Waals surface area contributed by atoms with Crippen LogP contribution in [-0.4, -0.2) is 19.0 Å². The smallest absolute Gasteiger partial charge is 0.0325 e. The molecule has 0 aromatic rings. The van der Waals surface area contributed by atoms with E-state index >= 15 is 0 Å². The van der Waals surface area contributed by atoms with Crippen LogP contribution in [0, 0.1) is 0 Å². The fourth-order valence-corrected chi connectivity index (χ4v) is 2.97. The van der Waals surface area contributed by atoms with Crippen LogP contribution in [0.5, 0.6) is 0 Å². The third-order valence-corrected chi connectivity index (χ3v) is 4.15. The fraction of sp³-hybridized carbons (Fsp3) is 0.778. The average molecular weight is 156 g/mol. The van der Waals surface area contributed by atoms with Crippen LogP contribution in [-0.2, 0) is 0 Å². The van der Waals surface area contributed by atoms with Gasteiger partial charge < -0.3 is 0 Å². The first kappa shape index (κ1) is 8.27. The molecule has 0 aromatic heterocycles. The summed E-state index contributed by atoms with van der Waals surface area (Å²) in [4.78, 5) is 0. The van der Waals surface area contributed by atoms with E-state index in [4.69, 9.17) is 0 Å². The Kier molecular flexibility index (Phi) is 4.06. The Labute approximate surface area is 65.5 Å². The predicted octanol–water partition coefficient (Wildman–Crippen LogP) is 3.23. The number of rotatable bonds is 0. The molecule has 0 amide bonds. The van der Waals surface area contributed by atoms with Gasteiger partial charge in [0.2, 0.25) is 0 Å². The maximum atomic E-state index is 2.45. The normalized spacial score (nSPS) is 26.5. The fourth-order valence-electron chi connectivity index (χ4n) is 1.31. The molecule has 1 aliphatic rings. The summed E-state index contributed by atoms with van der Waals surface area (Å²) in [7, 11) is 0.408. The molecule has 0 fully saturated rings. The molecule has 0 saturated heterocycles. The molecule has 0 aromatic carbocycles. The Balaban J connectivity index is 2.24. The zero-order valence-electron chi connectivity index (χ0n) is 6.84. The highest BCUT2D eigenvalue weighted by molar-refractivity contribution is 7.56. The van der Waals surface area contributed by atoms with Crippen molar-refractivity contribution in [3.05, 3.63) is 12.2 Å². The molecule has 1 rings (SSSR count). The van der Waals surface area contributed by atoms with Gasteiger partial charge in [0.25, 0.3) is 0 Å². The van der Waals surface area contributed by atoms with Gasteiger partial charge in [-0.25, -0.2) is 0 Å². The molecule has 0 saturated carbocycles. The summed E-state index contributed by atoms with van der Waals surface area (Å²) in [6.07, 6.45) is 13.2. The maximum Gasteiger partial charge on any atom is -0.0325 e. The molecule has 1 aliphatic heterocycles.